The summed E-state index contributed by atoms with van der Waals surface area (Å²) >= 11 is 2.23. The molecule has 0 aliphatic carbocycles. The van der Waals surface area contributed by atoms with Crippen LogP contribution in [0.2, 0.25) is 0 Å². The van der Waals surface area contributed by atoms with E-state index in [1.54, 1.807) is 31.2 Å². The summed E-state index contributed by atoms with van der Waals surface area (Å²) in [4.78, 5) is 55.0. The molecule has 1 saturated heterocycles. The zero-order valence-electron chi connectivity index (χ0n) is 16.2. The summed E-state index contributed by atoms with van der Waals surface area (Å²) in [7, 11) is 0. The Labute approximate surface area is 184 Å². The second-order valence-electron chi connectivity index (χ2n) is 7.04. The Morgan fingerprint density at radius 2 is 1.94 bits per heavy atom. The first-order valence-electron chi connectivity index (χ1n) is 9.57. The SMILES string of the molecule is CCOC(=O)c1ccc(N2C(=O)C3Sc4[nH]c(=O)sc4C(c4ccco4)C3C2=O)cc1. The summed E-state index contributed by atoms with van der Waals surface area (Å²) in [6.45, 7) is 1.97. The molecule has 1 aromatic carbocycles. The van der Waals surface area contributed by atoms with Gasteiger partial charge in [-0.25, -0.2) is 9.69 Å². The number of anilines is 1. The Morgan fingerprint density at radius 1 is 1.16 bits per heavy atom. The lowest BCUT2D eigenvalue weighted by Gasteiger charge is -2.27. The van der Waals surface area contributed by atoms with Gasteiger partial charge in [-0.15, -0.1) is 0 Å². The van der Waals surface area contributed by atoms with E-state index in [4.69, 9.17) is 9.15 Å². The van der Waals surface area contributed by atoms with Crippen molar-refractivity contribution in [3.05, 3.63) is 68.5 Å². The van der Waals surface area contributed by atoms with Gasteiger partial charge in [-0.1, -0.05) is 23.1 Å². The number of furan rings is 1. The predicted octanol–water partition coefficient (Wildman–Crippen LogP) is 3.00. The number of thioether (sulfide) groups is 1. The number of rotatable bonds is 4. The second kappa shape index (κ2) is 7.54. The number of aromatic amines is 1. The van der Waals surface area contributed by atoms with E-state index in [9.17, 15) is 19.2 Å². The number of esters is 1. The highest BCUT2D eigenvalue weighted by atomic mass is 32.2. The van der Waals surface area contributed by atoms with Crippen molar-refractivity contribution in [3.63, 3.8) is 0 Å². The number of ether oxygens (including phenoxy) is 1. The van der Waals surface area contributed by atoms with Crippen LogP contribution in [-0.4, -0.2) is 34.6 Å². The number of benzene rings is 1. The first kappa shape index (κ1) is 19.8. The van der Waals surface area contributed by atoms with Gasteiger partial charge in [-0.05, 0) is 43.3 Å². The van der Waals surface area contributed by atoms with Gasteiger partial charge in [0.15, 0.2) is 0 Å². The molecule has 158 valence electrons. The summed E-state index contributed by atoms with van der Waals surface area (Å²) in [5.41, 5.74) is 0.720. The highest BCUT2D eigenvalue weighted by Gasteiger charge is 2.57. The van der Waals surface area contributed by atoms with Crippen LogP contribution < -0.4 is 9.77 Å². The smallest absolute Gasteiger partial charge is 0.338 e. The van der Waals surface area contributed by atoms with Crippen molar-refractivity contribution >= 4 is 46.6 Å². The van der Waals surface area contributed by atoms with Gasteiger partial charge in [0.05, 0.1) is 45.9 Å². The zero-order chi connectivity index (χ0) is 21.7. The molecule has 2 aromatic heterocycles. The van der Waals surface area contributed by atoms with E-state index < -0.39 is 23.1 Å². The summed E-state index contributed by atoms with van der Waals surface area (Å²) in [5.74, 6) is -1.89. The van der Waals surface area contributed by atoms with E-state index in [0.29, 0.717) is 26.9 Å². The molecule has 3 aromatic rings. The lowest BCUT2D eigenvalue weighted by molar-refractivity contribution is -0.122. The van der Waals surface area contributed by atoms with Crippen molar-refractivity contribution in [3.8, 4) is 0 Å². The largest absolute Gasteiger partial charge is 0.469 e. The molecule has 8 nitrogen and oxygen atoms in total. The van der Waals surface area contributed by atoms with Gasteiger partial charge in [0.25, 0.3) is 0 Å². The normalized spacial score (nSPS) is 22.4. The number of H-pyrrole nitrogens is 1. The minimum Gasteiger partial charge on any atom is -0.469 e. The Balaban J connectivity index is 1.53. The number of hydrogen-bond acceptors (Lipinski definition) is 8. The number of aromatic nitrogens is 1. The molecule has 0 bridgehead atoms. The van der Waals surface area contributed by atoms with Crippen molar-refractivity contribution < 1.29 is 23.5 Å². The van der Waals surface area contributed by atoms with E-state index in [-0.39, 0.29) is 23.3 Å². The fraction of sp³-hybridized carbons (Fsp3) is 0.238. The second-order valence-corrected chi connectivity index (χ2v) is 9.21. The maximum Gasteiger partial charge on any atom is 0.338 e. The number of carbonyl (C=O) groups is 3. The standard InChI is InChI=1S/C21H16N2O6S2/c1-2-28-20(26)10-5-7-11(8-6-10)23-18(24)14-13(12-4-3-9-29-12)15-17(22-21(27)31-15)30-16(14)19(23)25/h3-9,13-14,16H,2H2,1H3,(H,22,27). The van der Waals surface area contributed by atoms with Crippen LogP contribution in [0.3, 0.4) is 0 Å². The maximum absolute atomic E-state index is 13.5. The van der Waals surface area contributed by atoms with Crippen molar-refractivity contribution in [2.45, 2.75) is 23.1 Å². The van der Waals surface area contributed by atoms with Crippen LogP contribution >= 0.6 is 23.1 Å². The molecule has 0 spiro atoms. The summed E-state index contributed by atoms with van der Waals surface area (Å²) in [6.07, 6.45) is 1.51. The minimum atomic E-state index is -0.702. The van der Waals surface area contributed by atoms with E-state index in [2.05, 4.69) is 4.98 Å². The Kier molecular flexibility index (Phi) is 4.82. The molecule has 0 radical (unpaired) electrons. The third-order valence-electron chi connectivity index (χ3n) is 5.31. The molecule has 4 heterocycles. The average molecular weight is 457 g/mol. The van der Waals surface area contributed by atoms with Crippen LogP contribution in [-0.2, 0) is 14.3 Å². The third kappa shape index (κ3) is 3.14. The molecule has 3 unspecified atom stereocenters. The molecular formula is C21H16N2O6S2. The van der Waals surface area contributed by atoms with Crippen LogP contribution in [0, 0.1) is 5.92 Å². The number of hydrogen-bond donors (Lipinski definition) is 1. The van der Waals surface area contributed by atoms with E-state index >= 15 is 0 Å². The molecule has 0 saturated carbocycles. The number of nitrogens with zero attached hydrogens (tertiary/aromatic N) is 1. The maximum atomic E-state index is 13.5. The van der Waals surface area contributed by atoms with E-state index in [0.717, 1.165) is 16.2 Å². The van der Waals surface area contributed by atoms with Crippen LogP contribution in [0.4, 0.5) is 5.69 Å². The van der Waals surface area contributed by atoms with Crippen LogP contribution in [0.1, 0.15) is 33.8 Å². The molecule has 2 aliphatic heterocycles. The first-order valence-corrected chi connectivity index (χ1v) is 11.3. The van der Waals surface area contributed by atoms with Gasteiger partial charge in [0, 0.05) is 0 Å². The Morgan fingerprint density at radius 3 is 2.61 bits per heavy atom. The summed E-state index contributed by atoms with van der Waals surface area (Å²) < 4.78 is 10.6. The van der Waals surface area contributed by atoms with Gasteiger partial charge in [0.1, 0.15) is 11.0 Å². The topological polar surface area (TPSA) is 110 Å². The first-order chi connectivity index (χ1) is 15.0. The van der Waals surface area contributed by atoms with Gasteiger partial charge < -0.3 is 14.1 Å². The van der Waals surface area contributed by atoms with Crippen molar-refractivity contribution in [1.82, 2.24) is 4.98 Å². The van der Waals surface area contributed by atoms with Crippen molar-refractivity contribution in [2.75, 3.05) is 11.5 Å². The number of thiazole rings is 1. The quantitative estimate of drug-likeness (QED) is 0.475. The fourth-order valence-corrected chi connectivity index (χ4v) is 6.50. The van der Waals surface area contributed by atoms with Gasteiger partial charge >= 0.3 is 10.8 Å². The molecule has 10 heteroatoms. The lowest BCUT2D eigenvalue weighted by atomic mass is 9.87. The Hall–Kier alpha value is -3.11. The molecule has 1 fully saturated rings. The van der Waals surface area contributed by atoms with Crippen LogP contribution in [0.15, 0.2) is 56.9 Å². The average Bonchev–Trinajstić information content (AvgIpc) is 3.46. The van der Waals surface area contributed by atoms with Gasteiger partial charge in [-0.2, -0.15) is 0 Å². The molecule has 3 atom stereocenters. The highest BCUT2D eigenvalue weighted by Crippen LogP contribution is 2.53. The molecule has 2 amide bonds. The zero-order valence-corrected chi connectivity index (χ0v) is 17.8. The lowest BCUT2D eigenvalue weighted by Crippen LogP contribution is -2.32. The number of carbonyl (C=O) groups excluding carboxylic acids is 3. The van der Waals surface area contributed by atoms with Crippen LogP contribution in [0.5, 0.6) is 0 Å². The number of imide groups is 1. The minimum absolute atomic E-state index is 0.236. The van der Waals surface area contributed by atoms with Crippen molar-refractivity contribution in [2.24, 2.45) is 5.92 Å². The highest BCUT2D eigenvalue weighted by molar-refractivity contribution is 8.00. The number of fused-ring (bicyclic) bond motifs is 2. The molecule has 5 rings (SSSR count). The van der Waals surface area contributed by atoms with Gasteiger partial charge in [-0.3, -0.25) is 14.4 Å². The fourth-order valence-electron chi connectivity index (χ4n) is 4.01. The van der Waals surface area contributed by atoms with E-state index in [1.165, 1.54) is 30.2 Å². The Bertz CT molecular complexity index is 1230. The molecular weight excluding hydrogens is 440 g/mol. The predicted molar refractivity (Wildman–Crippen MR) is 114 cm³/mol. The summed E-state index contributed by atoms with van der Waals surface area (Å²) in [5, 5.41) is -0.0941. The molecule has 2 aliphatic rings. The third-order valence-corrected chi connectivity index (χ3v) is 7.71. The van der Waals surface area contributed by atoms with Crippen molar-refractivity contribution in [1.29, 1.82) is 0 Å². The number of amides is 2. The monoisotopic (exact) mass is 456 g/mol. The number of nitrogens with one attached hydrogen (secondary N) is 1. The summed E-state index contributed by atoms with van der Waals surface area (Å²) in [6, 6.07) is 9.64. The molecule has 1 N–H and O–H groups in total. The van der Waals surface area contributed by atoms with Crippen LogP contribution in [0.25, 0.3) is 0 Å². The van der Waals surface area contributed by atoms with Gasteiger partial charge in [0.2, 0.25) is 11.8 Å². The molecule has 31 heavy (non-hydrogen) atoms. The van der Waals surface area contributed by atoms with E-state index in [1.807, 2.05) is 0 Å².